The van der Waals surface area contributed by atoms with Crippen molar-refractivity contribution in [3.63, 3.8) is 0 Å². The first-order valence-electron chi connectivity index (χ1n) is 7.76. The molecule has 6 heteroatoms. The zero-order chi connectivity index (χ0) is 16.0. The fraction of sp³-hybridized carbons (Fsp3) is 0.800. The minimum Gasteiger partial charge on any atom is -0.341 e. The van der Waals surface area contributed by atoms with Crippen molar-refractivity contribution in [2.24, 2.45) is 17.6 Å². The van der Waals surface area contributed by atoms with Crippen molar-refractivity contribution < 1.29 is 4.79 Å². The molecule has 0 aliphatic carbocycles. The topological polar surface area (TPSA) is 77.0 Å². The van der Waals surface area contributed by atoms with Crippen molar-refractivity contribution in [2.75, 3.05) is 13.1 Å². The van der Waals surface area contributed by atoms with E-state index < -0.39 is 0 Å². The van der Waals surface area contributed by atoms with Gasteiger partial charge in [0.1, 0.15) is 6.54 Å². The first-order chi connectivity index (χ1) is 9.83. The number of carbonyl (C=O) groups is 1. The molecule has 0 saturated heterocycles. The van der Waals surface area contributed by atoms with E-state index in [1.807, 2.05) is 11.8 Å². The molecule has 2 N–H and O–H groups in total. The summed E-state index contributed by atoms with van der Waals surface area (Å²) in [5, 5.41) is 8.04. The summed E-state index contributed by atoms with van der Waals surface area (Å²) in [5.74, 6) is 0.985. The van der Waals surface area contributed by atoms with E-state index in [0.717, 1.165) is 25.2 Å². The zero-order valence-electron chi connectivity index (χ0n) is 13.9. The van der Waals surface area contributed by atoms with Crippen LogP contribution in [0, 0.1) is 11.8 Å². The van der Waals surface area contributed by atoms with E-state index >= 15 is 0 Å². The van der Waals surface area contributed by atoms with Gasteiger partial charge in [-0.2, -0.15) is 0 Å². The van der Waals surface area contributed by atoms with Gasteiger partial charge in [0.2, 0.25) is 5.91 Å². The third kappa shape index (κ3) is 5.83. The summed E-state index contributed by atoms with van der Waals surface area (Å²) in [6, 6.07) is -0.115. The second-order valence-corrected chi connectivity index (χ2v) is 6.44. The van der Waals surface area contributed by atoms with E-state index in [-0.39, 0.29) is 18.5 Å². The predicted octanol–water partition coefficient (Wildman–Crippen LogP) is 1.83. The van der Waals surface area contributed by atoms with Gasteiger partial charge in [-0.1, -0.05) is 39.8 Å². The van der Waals surface area contributed by atoms with Crippen LogP contribution in [0.4, 0.5) is 0 Å². The molecule has 0 fully saturated rings. The standard InChI is InChI=1S/C15H29N5O/c1-6-13(16)14-9-20(18-17-14)10-15(21)19(7-11(2)3)8-12(4)5/h9,11-13H,6-8,10,16H2,1-5H3. The molecule has 0 radical (unpaired) electrons. The van der Waals surface area contributed by atoms with Gasteiger partial charge in [-0.15, -0.1) is 5.10 Å². The van der Waals surface area contributed by atoms with Gasteiger partial charge in [-0.05, 0) is 18.3 Å². The van der Waals surface area contributed by atoms with Gasteiger partial charge in [0, 0.05) is 13.1 Å². The molecule has 1 aromatic rings. The average Bonchev–Trinajstić information content (AvgIpc) is 2.84. The van der Waals surface area contributed by atoms with Crippen LogP contribution in [-0.4, -0.2) is 38.9 Å². The Labute approximate surface area is 127 Å². The maximum atomic E-state index is 12.4. The number of rotatable bonds is 8. The van der Waals surface area contributed by atoms with Gasteiger partial charge in [0.15, 0.2) is 0 Å². The Morgan fingerprint density at radius 1 is 1.29 bits per heavy atom. The van der Waals surface area contributed by atoms with Crippen LogP contribution in [0.15, 0.2) is 6.20 Å². The number of aromatic nitrogens is 3. The molecule has 0 aromatic carbocycles. The van der Waals surface area contributed by atoms with E-state index in [0.29, 0.717) is 11.8 Å². The summed E-state index contributed by atoms with van der Waals surface area (Å²) in [6.07, 6.45) is 2.58. The van der Waals surface area contributed by atoms with Crippen LogP contribution in [0.2, 0.25) is 0 Å². The summed E-state index contributed by atoms with van der Waals surface area (Å²) < 4.78 is 1.58. The molecule has 0 aliphatic heterocycles. The zero-order valence-corrected chi connectivity index (χ0v) is 13.9. The van der Waals surface area contributed by atoms with E-state index in [2.05, 4.69) is 38.0 Å². The van der Waals surface area contributed by atoms with Crippen LogP contribution < -0.4 is 5.73 Å². The molecule has 1 atom stereocenters. The van der Waals surface area contributed by atoms with Crippen molar-refractivity contribution in [1.82, 2.24) is 19.9 Å². The van der Waals surface area contributed by atoms with Gasteiger partial charge in [0.05, 0.1) is 17.9 Å². The molecular formula is C15H29N5O. The fourth-order valence-electron chi connectivity index (χ4n) is 2.17. The highest BCUT2D eigenvalue weighted by Gasteiger charge is 2.18. The molecule has 1 aromatic heterocycles. The van der Waals surface area contributed by atoms with E-state index in [1.165, 1.54) is 0 Å². The quantitative estimate of drug-likeness (QED) is 0.793. The lowest BCUT2D eigenvalue weighted by molar-refractivity contribution is -0.133. The van der Waals surface area contributed by atoms with Crippen molar-refractivity contribution in [3.8, 4) is 0 Å². The molecule has 0 saturated carbocycles. The fourth-order valence-corrected chi connectivity index (χ4v) is 2.17. The first-order valence-corrected chi connectivity index (χ1v) is 7.76. The number of hydrogen-bond acceptors (Lipinski definition) is 4. The molecule has 1 heterocycles. The summed E-state index contributed by atoms with van der Waals surface area (Å²) in [5.41, 5.74) is 6.66. The summed E-state index contributed by atoms with van der Waals surface area (Å²) >= 11 is 0. The maximum Gasteiger partial charge on any atom is 0.244 e. The Bertz CT molecular complexity index is 431. The summed E-state index contributed by atoms with van der Waals surface area (Å²) in [4.78, 5) is 14.4. The van der Waals surface area contributed by atoms with Gasteiger partial charge < -0.3 is 10.6 Å². The normalized spacial score (nSPS) is 13.0. The van der Waals surface area contributed by atoms with Crippen LogP contribution in [0.25, 0.3) is 0 Å². The van der Waals surface area contributed by atoms with Crippen molar-refractivity contribution in [2.45, 2.75) is 53.6 Å². The Morgan fingerprint density at radius 2 is 1.86 bits per heavy atom. The third-order valence-electron chi connectivity index (χ3n) is 3.20. The monoisotopic (exact) mass is 295 g/mol. The molecular weight excluding hydrogens is 266 g/mol. The van der Waals surface area contributed by atoms with Crippen LogP contribution >= 0.6 is 0 Å². The van der Waals surface area contributed by atoms with Crippen molar-refractivity contribution >= 4 is 5.91 Å². The predicted molar refractivity (Wildman–Crippen MR) is 83.5 cm³/mol. The van der Waals surface area contributed by atoms with Crippen molar-refractivity contribution in [1.29, 1.82) is 0 Å². The van der Waals surface area contributed by atoms with Gasteiger partial charge in [0.25, 0.3) is 0 Å². The largest absolute Gasteiger partial charge is 0.341 e. The lowest BCUT2D eigenvalue weighted by atomic mass is 10.1. The van der Waals surface area contributed by atoms with Crippen LogP contribution in [0.3, 0.4) is 0 Å². The Balaban J connectivity index is 2.69. The lowest BCUT2D eigenvalue weighted by Gasteiger charge is -2.26. The molecule has 0 spiro atoms. The van der Waals surface area contributed by atoms with Crippen molar-refractivity contribution in [3.05, 3.63) is 11.9 Å². The summed E-state index contributed by atoms with van der Waals surface area (Å²) in [7, 11) is 0. The molecule has 1 rings (SSSR count). The number of amides is 1. The molecule has 21 heavy (non-hydrogen) atoms. The highest BCUT2D eigenvalue weighted by atomic mass is 16.2. The molecule has 0 bridgehead atoms. The molecule has 120 valence electrons. The van der Waals surface area contributed by atoms with Crippen LogP contribution in [0.1, 0.15) is 52.8 Å². The Kier molecular flexibility index (Phi) is 6.81. The van der Waals surface area contributed by atoms with Gasteiger partial charge >= 0.3 is 0 Å². The average molecular weight is 295 g/mol. The SMILES string of the molecule is CCC(N)c1cn(CC(=O)N(CC(C)C)CC(C)C)nn1. The minimum atomic E-state index is -0.115. The molecule has 6 nitrogen and oxygen atoms in total. The molecule has 0 aliphatic rings. The third-order valence-corrected chi connectivity index (χ3v) is 3.20. The van der Waals surface area contributed by atoms with E-state index in [9.17, 15) is 4.79 Å². The highest BCUT2D eigenvalue weighted by Crippen LogP contribution is 2.10. The second kappa shape index (κ2) is 8.12. The molecule has 1 unspecified atom stereocenters. The second-order valence-electron chi connectivity index (χ2n) is 6.44. The van der Waals surface area contributed by atoms with E-state index in [1.54, 1.807) is 10.9 Å². The van der Waals surface area contributed by atoms with Crippen LogP contribution in [0.5, 0.6) is 0 Å². The Morgan fingerprint density at radius 3 is 2.33 bits per heavy atom. The van der Waals surface area contributed by atoms with Gasteiger partial charge in [-0.25, -0.2) is 4.68 Å². The smallest absolute Gasteiger partial charge is 0.244 e. The molecule has 1 amide bonds. The number of nitrogens with zero attached hydrogens (tertiary/aromatic N) is 4. The minimum absolute atomic E-state index is 0.0823. The first kappa shape index (κ1) is 17.6. The number of carbonyl (C=O) groups excluding carboxylic acids is 1. The van der Waals surface area contributed by atoms with E-state index in [4.69, 9.17) is 5.73 Å². The Hall–Kier alpha value is -1.43. The number of nitrogens with two attached hydrogens (primary N) is 1. The van der Waals surface area contributed by atoms with Gasteiger partial charge in [-0.3, -0.25) is 4.79 Å². The maximum absolute atomic E-state index is 12.4. The highest BCUT2D eigenvalue weighted by molar-refractivity contribution is 5.75. The lowest BCUT2D eigenvalue weighted by Crippen LogP contribution is -2.39. The number of hydrogen-bond donors (Lipinski definition) is 1. The van der Waals surface area contributed by atoms with Crippen LogP contribution in [-0.2, 0) is 11.3 Å². The summed E-state index contributed by atoms with van der Waals surface area (Å²) in [6.45, 7) is 12.2.